The summed E-state index contributed by atoms with van der Waals surface area (Å²) in [7, 11) is 2.02. The maximum absolute atomic E-state index is 3.22. The third-order valence-corrected chi connectivity index (χ3v) is 3.93. The lowest BCUT2D eigenvalue weighted by Gasteiger charge is -2.06. The van der Waals surface area contributed by atoms with Crippen LogP contribution in [0.4, 0.5) is 0 Å². The first-order valence-electron chi connectivity index (χ1n) is 7.10. The highest BCUT2D eigenvalue weighted by atomic mass is 15.0. The van der Waals surface area contributed by atoms with Crippen molar-refractivity contribution in [3.8, 4) is 0 Å². The minimum Gasteiger partial charge on any atom is -0.347 e. The van der Waals surface area contributed by atoms with E-state index in [9.17, 15) is 0 Å². The van der Waals surface area contributed by atoms with Gasteiger partial charge in [-0.25, -0.2) is 0 Å². The van der Waals surface area contributed by atoms with E-state index in [2.05, 4.69) is 40.3 Å². The van der Waals surface area contributed by atoms with Crippen LogP contribution in [0, 0.1) is 5.92 Å². The van der Waals surface area contributed by atoms with E-state index in [-0.39, 0.29) is 0 Å². The molecule has 1 aliphatic rings. The van der Waals surface area contributed by atoms with Gasteiger partial charge in [-0.15, -0.1) is 0 Å². The van der Waals surface area contributed by atoms with Gasteiger partial charge in [0, 0.05) is 23.6 Å². The summed E-state index contributed by atoms with van der Waals surface area (Å²) < 4.78 is 2.44. The molecule has 0 unspecified atom stereocenters. The molecule has 2 heteroatoms. The number of nitrogens with zero attached hydrogens (tertiary/aromatic N) is 1. The predicted molar refractivity (Wildman–Crippen MR) is 76.9 cm³/mol. The number of nitrogens with one attached hydrogen (secondary N) is 1. The number of rotatable bonds is 6. The van der Waals surface area contributed by atoms with Crippen molar-refractivity contribution in [3.63, 3.8) is 0 Å². The van der Waals surface area contributed by atoms with Crippen LogP contribution >= 0.6 is 0 Å². The quantitative estimate of drug-likeness (QED) is 0.770. The van der Waals surface area contributed by atoms with Crippen molar-refractivity contribution in [1.29, 1.82) is 0 Å². The molecule has 0 radical (unpaired) electrons. The Labute approximate surface area is 109 Å². The standard InChI is InChI=1S/C16H22N2/c1-17-10-3-5-14-4-2-6-16-15(14)9-11-18(16)12-13-7-8-13/h2,4,6,9,11,13,17H,3,5,7-8,10,12H2,1H3. The average Bonchev–Trinajstić information content (AvgIpc) is 3.10. The van der Waals surface area contributed by atoms with Gasteiger partial charge in [0.05, 0.1) is 0 Å². The van der Waals surface area contributed by atoms with Crippen molar-refractivity contribution in [2.45, 2.75) is 32.2 Å². The third-order valence-electron chi connectivity index (χ3n) is 3.93. The predicted octanol–water partition coefficient (Wildman–Crippen LogP) is 3.20. The molecule has 3 rings (SSSR count). The minimum absolute atomic E-state index is 0.938. The van der Waals surface area contributed by atoms with Gasteiger partial charge in [-0.2, -0.15) is 0 Å². The molecule has 1 heterocycles. The monoisotopic (exact) mass is 242 g/mol. The van der Waals surface area contributed by atoms with Crippen LogP contribution in [-0.2, 0) is 13.0 Å². The van der Waals surface area contributed by atoms with Gasteiger partial charge in [0.25, 0.3) is 0 Å². The molecule has 1 aromatic carbocycles. The molecule has 1 saturated carbocycles. The average molecular weight is 242 g/mol. The summed E-state index contributed by atoms with van der Waals surface area (Å²) >= 11 is 0. The van der Waals surface area contributed by atoms with Gasteiger partial charge in [-0.1, -0.05) is 12.1 Å². The van der Waals surface area contributed by atoms with E-state index >= 15 is 0 Å². The molecule has 2 nitrogen and oxygen atoms in total. The number of aromatic nitrogens is 1. The molecule has 0 aliphatic heterocycles. The van der Waals surface area contributed by atoms with Gasteiger partial charge in [-0.05, 0) is 62.9 Å². The zero-order valence-corrected chi connectivity index (χ0v) is 11.2. The Morgan fingerprint density at radius 3 is 2.94 bits per heavy atom. The summed E-state index contributed by atoms with van der Waals surface area (Å²) in [6.45, 7) is 2.31. The second kappa shape index (κ2) is 5.15. The van der Waals surface area contributed by atoms with Crippen molar-refractivity contribution in [1.82, 2.24) is 9.88 Å². The summed E-state index contributed by atoms with van der Waals surface area (Å²) in [5, 5.41) is 4.67. The number of aryl methyl sites for hydroxylation is 1. The van der Waals surface area contributed by atoms with Gasteiger partial charge in [0.1, 0.15) is 0 Å². The molecule has 0 spiro atoms. The van der Waals surface area contributed by atoms with Crippen LogP contribution in [0.15, 0.2) is 30.5 Å². The van der Waals surface area contributed by atoms with Crippen molar-refractivity contribution >= 4 is 10.9 Å². The fourth-order valence-corrected chi connectivity index (χ4v) is 2.70. The van der Waals surface area contributed by atoms with Crippen LogP contribution in [-0.4, -0.2) is 18.2 Å². The van der Waals surface area contributed by atoms with Crippen molar-refractivity contribution in [2.24, 2.45) is 5.92 Å². The second-order valence-corrected chi connectivity index (χ2v) is 5.47. The summed E-state index contributed by atoms with van der Waals surface area (Å²) in [4.78, 5) is 0. The van der Waals surface area contributed by atoms with E-state index in [1.54, 1.807) is 0 Å². The molecular weight excluding hydrogens is 220 g/mol. The first-order valence-corrected chi connectivity index (χ1v) is 7.10. The summed E-state index contributed by atoms with van der Waals surface area (Å²) in [5.41, 5.74) is 2.92. The van der Waals surface area contributed by atoms with Crippen LogP contribution in [0.2, 0.25) is 0 Å². The highest BCUT2D eigenvalue weighted by Crippen LogP contribution is 2.32. The lowest BCUT2D eigenvalue weighted by atomic mass is 10.1. The highest BCUT2D eigenvalue weighted by Gasteiger charge is 2.22. The zero-order chi connectivity index (χ0) is 12.4. The normalized spacial score (nSPS) is 15.4. The maximum Gasteiger partial charge on any atom is 0.0483 e. The molecule has 2 aromatic rings. The molecule has 1 aromatic heterocycles. The SMILES string of the molecule is CNCCCc1cccc2c1ccn2CC1CC1. The van der Waals surface area contributed by atoms with Gasteiger partial charge in [-0.3, -0.25) is 0 Å². The molecule has 1 N–H and O–H groups in total. The Kier molecular flexibility index (Phi) is 3.37. The Morgan fingerprint density at radius 2 is 2.17 bits per heavy atom. The molecule has 1 aliphatic carbocycles. The van der Waals surface area contributed by atoms with Gasteiger partial charge >= 0.3 is 0 Å². The molecule has 0 amide bonds. The minimum atomic E-state index is 0.938. The smallest absolute Gasteiger partial charge is 0.0483 e. The summed E-state index contributed by atoms with van der Waals surface area (Å²) in [5.74, 6) is 0.938. The van der Waals surface area contributed by atoms with Crippen LogP contribution < -0.4 is 5.32 Å². The van der Waals surface area contributed by atoms with E-state index in [0.29, 0.717) is 0 Å². The van der Waals surface area contributed by atoms with Crippen molar-refractivity contribution in [3.05, 3.63) is 36.0 Å². The summed E-state index contributed by atoms with van der Waals surface area (Å²) in [6, 6.07) is 9.05. The zero-order valence-electron chi connectivity index (χ0n) is 11.2. The molecular formula is C16H22N2. The largest absolute Gasteiger partial charge is 0.347 e. The van der Waals surface area contributed by atoms with Gasteiger partial charge < -0.3 is 9.88 Å². The molecule has 18 heavy (non-hydrogen) atoms. The maximum atomic E-state index is 3.22. The molecule has 1 fully saturated rings. The van der Waals surface area contributed by atoms with E-state index in [1.807, 2.05) is 7.05 Å². The molecule has 0 bridgehead atoms. The van der Waals surface area contributed by atoms with Crippen LogP contribution in [0.5, 0.6) is 0 Å². The Bertz CT molecular complexity index is 523. The van der Waals surface area contributed by atoms with E-state index in [1.165, 1.54) is 48.7 Å². The topological polar surface area (TPSA) is 17.0 Å². The molecule has 0 atom stereocenters. The van der Waals surface area contributed by atoms with E-state index in [4.69, 9.17) is 0 Å². The summed E-state index contributed by atoms with van der Waals surface area (Å²) in [6.07, 6.45) is 7.49. The van der Waals surface area contributed by atoms with Crippen LogP contribution in [0.3, 0.4) is 0 Å². The van der Waals surface area contributed by atoms with Crippen molar-refractivity contribution < 1.29 is 0 Å². The van der Waals surface area contributed by atoms with Crippen molar-refractivity contribution in [2.75, 3.05) is 13.6 Å². The Morgan fingerprint density at radius 1 is 1.28 bits per heavy atom. The number of hydrogen-bond donors (Lipinski definition) is 1. The number of hydrogen-bond acceptors (Lipinski definition) is 1. The number of benzene rings is 1. The fourth-order valence-electron chi connectivity index (χ4n) is 2.70. The lowest BCUT2D eigenvalue weighted by Crippen LogP contribution is -2.08. The van der Waals surface area contributed by atoms with Crippen LogP contribution in [0.1, 0.15) is 24.8 Å². The molecule has 96 valence electrons. The van der Waals surface area contributed by atoms with Gasteiger partial charge in [0.15, 0.2) is 0 Å². The Hall–Kier alpha value is -1.28. The highest BCUT2D eigenvalue weighted by molar-refractivity contribution is 5.83. The Balaban J connectivity index is 1.83. The first-order chi connectivity index (χ1) is 8.88. The lowest BCUT2D eigenvalue weighted by molar-refractivity contribution is 0.647. The second-order valence-electron chi connectivity index (χ2n) is 5.47. The molecule has 0 saturated heterocycles. The van der Waals surface area contributed by atoms with Gasteiger partial charge in [0.2, 0.25) is 0 Å². The van der Waals surface area contributed by atoms with Crippen LogP contribution in [0.25, 0.3) is 10.9 Å². The first kappa shape index (κ1) is 11.8. The third kappa shape index (κ3) is 2.44. The van der Waals surface area contributed by atoms with E-state index in [0.717, 1.165) is 12.5 Å². The van der Waals surface area contributed by atoms with E-state index < -0.39 is 0 Å². The number of fused-ring (bicyclic) bond motifs is 1. The fraction of sp³-hybridized carbons (Fsp3) is 0.500.